The van der Waals surface area contributed by atoms with Gasteiger partial charge >= 0.3 is 0 Å². The maximum atomic E-state index is 13.4. The number of ether oxygens (including phenoxy) is 1. The second kappa shape index (κ2) is 9.51. The number of methoxy groups -OCH3 is 1. The Morgan fingerprint density at radius 3 is 2.26 bits per heavy atom. The summed E-state index contributed by atoms with van der Waals surface area (Å²) in [5, 5.41) is 2.97. The van der Waals surface area contributed by atoms with Crippen molar-refractivity contribution in [1.82, 2.24) is 4.31 Å². The number of aryl methyl sites for hydroxylation is 2. The molecule has 1 fully saturated rings. The number of carbonyl (C=O) groups excluding carboxylic acids is 1. The molecule has 1 saturated heterocycles. The molecule has 0 saturated carbocycles. The highest BCUT2D eigenvalue weighted by atomic mass is 32.2. The molecular formula is C24H32N2O4S. The highest BCUT2D eigenvalue weighted by molar-refractivity contribution is 7.89. The minimum Gasteiger partial charge on any atom is -0.380 e. The lowest BCUT2D eigenvalue weighted by Gasteiger charge is -2.31. The molecule has 0 radical (unpaired) electrons. The smallest absolute Gasteiger partial charge is 0.243 e. The number of anilines is 1. The lowest BCUT2D eigenvalue weighted by Crippen LogP contribution is -2.41. The van der Waals surface area contributed by atoms with Crippen LogP contribution in [0.1, 0.15) is 40.7 Å². The summed E-state index contributed by atoms with van der Waals surface area (Å²) in [5.74, 6) is -0.274. The van der Waals surface area contributed by atoms with E-state index in [1.165, 1.54) is 4.31 Å². The summed E-state index contributed by atoms with van der Waals surface area (Å²) >= 11 is 0. The Kier molecular flexibility index (Phi) is 7.19. The van der Waals surface area contributed by atoms with E-state index in [9.17, 15) is 13.2 Å². The molecule has 7 heteroatoms. The first-order valence-electron chi connectivity index (χ1n) is 10.6. The highest BCUT2D eigenvalue weighted by Crippen LogP contribution is 2.31. The maximum absolute atomic E-state index is 13.4. The molecule has 0 bridgehead atoms. The van der Waals surface area contributed by atoms with Crippen LogP contribution in [0.3, 0.4) is 0 Å². The topological polar surface area (TPSA) is 75.7 Å². The van der Waals surface area contributed by atoms with Crippen LogP contribution in [0.4, 0.5) is 5.69 Å². The highest BCUT2D eigenvalue weighted by Gasteiger charge is 2.34. The lowest BCUT2D eigenvalue weighted by molar-refractivity contribution is -0.120. The van der Waals surface area contributed by atoms with E-state index in [1.807, 2.05) is 58.0 Å². The molecule has 31 heavy (non-hydrogen) atoms. The van der Waals surface area contributed by atoms with E-state index in [0.717, 1.165) is 33.5 Å². The van der Waals surface area contributed by atoms with Crippen molar-refractivity contribution in [3.8, 4) is 0 Å². The van der Waals surface area contributed by atoms with E-state index in [2.05, 4.69) is 5.32 Å². The fourth-order valence-electron chi connectivity index (χ4n) is 4.20. The fraction of sp³-hybridized carbons (Fsp3) is 0.458. The number of hydrogen-bond donors (Lipinski definition) is 1. The van der Waals surface area contributed by atoms with Crippen LogP contribution in [0.25, 0.3) is 0 Å². The van der Waals surface area contributed by atoms with Gasteiger partial charge in [0.05, 0.1) is 11.5 Å². The van der Waals surface area contributed by atoms with Crippen molar-refractivity contribution in [2.75, 3.05) is 25.5 Å². The summed E-state index contributed by atoms with van der Waals surface area (Å²) in [6.45, 7) is 8.79. The van der Waals surface area contributed by atoms with Crippen molar-refractivity contribution >= 4 is 21.6 Å². The van der Waals surface area contributed by atoms with Crippen molar-refractivity contribution < 1.29 is 17.9 Å². The molecule has 2 aromatic rings. The Balaban J connectivity index is 1.69. The molecule has 0 aliphatic carbocycles. The fourth-order valence-corrected chi connectivity index (χ4v) is 6.25. The third-order valence-corrected chi connectivity index (χ3v) is 8.40. The first-order chi connectivity index (χ1) is 14.6. The van der Waals surface area contributed by atoms with Gasteiger partial charge in [0.2, 0.25) is 15.9 Å². The van der Waals surface area contributed by atoms with Gasteiger partial charge in [0, 0.05) is 31.8 Å². The van der Waals surface area contributed by atoms with Gasteiger partial charge in [0.15, 0.2) is 0 Å². The van der Waals surface area contributed by atoms with Gasteiger partial charge < -0.3 is 10.1 Å². The van der Waals surface area contributed by atoms with Crippen molar-refractivity contribution in [3.05, 3.63) is 58.1 Å². The molecule has 0 atom stereocenters. The van der Waals surface area contributed by atoms with E-state index in [1.54, 1.807) is 7.11 Å². The van der Waals surface area contributed by atoms with E-state index >= 15 is 0 Å². The van der Waals surface area contributed by atoms with Gasteiger partial charge in [-0.2, -0.15) is 4.31 Å². The standard InChI is InChI=1S/C24H32N2O4S/c1-16-13-17(2)19(4)23(18(16)3)31(28,29)26-11-9-21(10-12-26)24(27)25-22-8-6-7-20(14-22)15-30-5/h6-8,13-14,21H,9-12,15H2,1-5H3,(H,25,27). The average molecular weight is 445 g/mol. The SMILES string of the molecule is COCc1cccc(NC(=O)C2CCN(S(=O)(=O)c3c(C)c(C)cc(C)c3C)CC2)c1. The van der Waals surface area contributed by atoms with Crippen molar-refractivity contribution in [2.24, 2.45) is 5.92 Å². The van der Waals surface area contributed by atoms with Crippen LogP contribution in [0.5, 0.6) is 0 Å². The lowest BCUT2D eigenvalue weighted by atomic mass is 9.97. The van der Waals surface area contributed by atoms with Crippen molar-refractivity contribution in [2.45, 2.75) is 52.0 Å². The number of sulfonamides is 1. The van der Waals surface area contributed by atoms with Crippen LogP contribution in [0, 0.1) is 33.6 Å². The Bertz CT molecular complexity index is 1040. The summed E-state index contributed by atoms with van der Waals surface area (Å²) in [6.07, 6.45) is 1.01. The Labute approximate surface area is 185 Å². The third-order valence-electron chi connectivity index (χ3n) is 6.23. The predicted octanol–water partition coefficient (Wildman–Crippen LogP) is 4.11. The number of nitrogens with one attached hydrogen (secondary N) is 1. The van der Waals surface area contributed by atoms with Crippen LogP contribution in [-0.4, -0.2) is 38.8 Å². The number of benzene rings is 2. The molecule has 1 N–H and O–H groups in total. The average Bonchev–Trinajstić information content (AvgIpc) is 2.73. The summed E-state index contributed by atoms with van der Waals surface area (Å²) in [7, 11) is -1.97. The minimum absolute atomic E-state index is 0.0645. The summed E-state index contributed by atoms with van der Waals surface area (Å²) in [5.41, 5.74) is 5.28. The molecule has 168 valence electrons. The van der Waals surface area contributed by atoms with Crippen LogP contribution in [0.2, 0.25) is 0 Å². The third kappa shape index (κ3) is 5.00. The largest absolute Gasteiger partial charge is 0.380 e. The molecule has 1 aliphatic heterocycles. The van der Waals surface area contributed by atoms with Gasteiger partial charge in [-0.05, 0) is 80.5 Å². The Hall–Kier alpha value is -2.22. The number of amides is 1. The van der Waals surface area contributed by atoms with Gasteiger partial charge in [-0.15, -0.1) is 0 Å². The molecule has 1 amide bonds. The second-order valence-electron chi connectivity index (χ2n) is 8.39. The summed E-state index contributed by atoms with van der Waals surface area (Å²) < 4.78 is 33.5. The molecule has 0 spiro atoms. The van der Waals surface area contributed by atoms with Gasteiger partial charge in [0.25, 0.3) is 0 Å². The normalized spacial score (nSPS) is 15.8. The van der Waals surface area contributed by atoms with Gasteiger partial charge in [0.1, 0.15) is 0 Å². The zero-order valence-corrected chi connectivity index (χ0v) is 19.8. The number of carbonyl (C=O) groups is 1. The zero-order valence-electron chi connectivity index (χ0n) is 19.0. The van der Waals surface area contributed by atoms with Gasteiger partial charge in [-0.25, -0.2) is 8.42 Å². The minimum atomic E-state index is -3.60. The monoisotopic (exact) mass is 444 g/mol. The molecule has 3 rings (SSSR count). The van der Waals surface area contributed by atoms with E-state index in [4.69, 9.17) is 4.74 Å². The Morgan fingerprint density at radius 2 is 1.68 bits per heavy atom. The van der Waals surface area contributed by atoms with Crippen molar-refractivity contribution in [3.63, 3.8) is 0 Å². The molecule has 0 unspecified atom stereocenters. The number of hydrogen-bond acceptors (Lipinski definition) is 4. The quantitative estimate of drug-likeness (QED) is 0.728. The number of piperidine rings is 1. The van der Waals surface area contributed by atoms with E-state index < -0.39 is 10.0 Å². The van der Waals surface area contributed by atoms with Gasteiger partial charge in [-0.1, -0.05) is 18.2 Å². The first kappa shape index (κ1) is 23.4. The van der Waals surface area contributed by atoms with Crippen LogP contribution >= 0.6 is 0 Å². The van der Waals surface area contributed by atoms with Crippen LogP contribution < -0.4 is 5.32 Å². The van der Waals surface area contributed by atoms with Crippen LogP contribution in [-0.2, 0) is 26.2 Å². The van der Waals surface area contributed by atoms with Crippen molar-refractivity contribution in [1.29, 1.82) is 0 Å². The van der Waals surface area contributed by atoms with E-state index in [-0.39, 0.29) is 11.8 Å². The number of nitrogens with zero attached hydrogens (tertiary/aromatic N) is 1. The summed E-state index contributed by atoms with van der Waals surface area (Å²) in [6, 6.07) is 9.60. The second-order valence-corrected chi connectivity index (χ2v) is 10.3. The molecule has 1 heterocycles. The van der Waals surface area contributed by atoms with E-state index in [0.29, 0.717) is 37.4 Å². The molecule has 0 aromatic heterocycles. The van der Waals surface area contributed by atoms with Gasteiger partial charge in [-0.3, -0.25) is 4.79 Å². The Morgan fingerprint density at radius 1 is 1.06 bits per heavy atom. The summed E-state index contributed by atoms with van der Waals surface area (Å²) in [4.78, 5) is 13.2. The molecule has 6 nitrogen and oxygen atoms in total. The predicted molar refractivity (Wildman–Crippen MR) is 123 cm³/mol. The molecule has 1 aliphatic rings. The number of rotatable bonds is 6. The first-order valence-corrected chi connectivity index (χ1v) is 12.1. The zero-order chi connectivity index (χ0) is 22.8. The van der Waals surface area contributed by atoms with Crippen LogP contribution in [0.15, 0.2) is 35.2 Å². The molecular weight excluding hydrogens is 412 g/mol. The maximum Gasteiger partial charge on any atom is 0.243 e. The molecule has 2 aromatic carbocycles.